The fraction of sp³-hybridized carbons (Fsp3) is 0.174. The second-order valence-corrected chi connectivity index (χ2v) is 10.3. The summed E-state index contributed by atoms with van der Waals surface area (Å²) >= 11 is 12.5. The van der Waals surface area contributed by atoms with Gasteiger partial charge in [0.15, 0.2) is 0 Å². The maximum Gasteiger partial charge on any atom is 0.274 e. The lowest BCUT2D eigenvalue weighted by molar-refractivity contribution is -0.385. The van der Waals surface area contributed by atoms with Crippen molar-refractivity contribution in [2.45, 2.75) is 25.3 Å². The van der Waals surface area contributed by atoms with Crippen LogP contribution < -0.4 is 5.32 Å². The molecule has 0 spiro atoms. The number of sulfonamides is 1. The minimum Gasteiger partial charge on any atom is -0.324 e. The van der Waals surface area contributed by atoms with Crippen LogP contribution >= 0.6 is 23.2 Å². The molecule has 8 nitrogen and oxygen atoms in total. The second-order valence-electron chi connectivity index (χ2n) is 7.54. The van der Waals surface area contributed by atoms with Crippen LogP contribution in [0.5, 0.6) is 0 Å². The van der Waals surface area contributed by atoms with Gasteiger partial charge in [0.05, 0.1) is 27.6 Å². The molecule has 3 aromatic rings. The number of hydrogen-bond donors (Lipinski definition) is 1. The van der Waals surface area contributed by atoms with Crippen molar-refractivity contribution in [2.75, 3.05) is 11.9 Å². The summed E-state index contributed by atoms with van der Waals surface area (Å²) in [7, 11) is -4.12. The second kappa shape index (κ2) is 10.5. The third kappa shape index (κ3) is 5.74. The van der Waals surface area contributed by atoms with Gasteiger partial charge in [0.1, 0.15) is 0 Å². The Balaban J connectivity index is 1.95. The lowest BCUT2D eigenvalue weighted by Crippen LogP contribution is -2.37. The average Bonchev–Trinajstić information content (AvgIpc) is 2.77. The molecule has 0 bridgehead atoms. The Morgan fingerprint density at radius 2 is 1.59 bits per heavy atom. The molecule has 0 saturated carbocycles. The lowest BCUT2D eigenvalue weighted by atomic mass is 10.1. The molecule has 0 fully saturated rings. The van der Waals surface area contributed by atoms with Crippen LogP contribution in [0.4, 0.5) is 11.4 Å². The van der Waals surface area contributed by atoms with Crippen LogP contribution in [0.3, 0.4) is 0 Å². The molecule has 0 unspecified atom stereocenters. The van der Waals surface area contributed by atoms with Crippen molar-refractivity contribution in [3.8, 4) is 0 Å². The SMILES string of the molecule is Cc1ccc(S(=O)(=O)N(CC(=O)Nc2cccc([N+](=O)[O-])c2C)Cc2c(Cl)cccc2Cl)cc1. The van der Waals surface area contributed by atoms with Crippen LogP contribution in [-0.4, -0.2) is 30.1 Å². The number of nitro groups is 1. The van der Waals surface area contributed by atoms with E-state index in [0.29, 0.717) is 5.56 Å². The standard InChI is InChI=1S/C23H21Cl2N3O5S/c1-15-9-11-17(12-10-15)34(32,33)27(13-18-19(24)5-3-6-20(18)25)14-23(29)26-21-7-4-8-22(16(21)2)28(30)31/h3-12H,13-14H2,1-2H3,(H,26,29). The molecule has 3 rings (SSSR count). The Kier molecular flexibility index (Phi) is 7.93. The first-order valence-corrected chi connectivity index (χ1v) is 12.2. The minimum absolute atomic E-state index is 0.000561. The van der Waals surface area contributed by atoms with Crippen molar-refractivity contribution >= 4 is 50.5 Å². The van der Waals surface area contributed by atoms with Gasteiger partial charge in [-0.3, -0.25) is 14.9 Å². The van der Waals surface area contributed by atoms with Crippen molar-refractivity contribution in [3.05, 3.63) is 97.5 Å². The van der Waals surface area contributed by atoms with Gasteiger partial charge < -0.3 is 5.32 Å². The first kappa shape index (κ1) is 25.6. The maximum absolute atomic E-state index is 13.4. The Bertz CT molecular complexity index is 1320. The van der Waals surface area contributed by atoms with Crippen LogP contribution in [0, 0.1) is 24.0 Å². The number of carbonyl (C=O) groups is 1. The number of nitrogens with zero attached hydrogens (tertiary/aromatic N) is 2. The Hall–Kier alpha value is -2.98. The minimum atomic E-state index is -4.12. The molecule has 0 saturated heterocycles. The van der Waals surface area contributed by atoms with E-state index in [2.05, 4.69) is 5.32 Å². The van der Waals surface area contributed by atoms with E-state index in [4.69, 9.17) is 23.2 Å². The number of nitro benzene ring substituents is 1. The van der Waals surface area contributed by atoms with Gasteiger partial charge in [-0.05, 0) is 44.2 Å². The molecule has 0 aliphatic rings. The number of anilines is 1. The van der Waals surface area contributed by atoms with Crippen LogP contribution in [0.15, 0.2) is 65.6 Å². The van der Waals surface area contributed by atoms with Crippen molar-refractivity contribution < 1.29 is 18.1 Å². The Labute approximate surface area is 207 Å². The topological polar surface area (TPSA) is 110 Å². The summed E-state index contributed by atoms with van der Waals surface area (Å²) in [5, 5.41) is 14.3. The molecule has 1 N–H and O–H groups in total. The van der Waals surface area contributed by atoms with E-state index in [9.17, 15) is 23.3 Å². The molecule has 0 aliphatic carbocycles. The molecule has 11 heteroatoms. The molecule has 3 aromatic carbocycles. The van der Waals surface area contributed by atoms with E-state index < -0.39 is 27.4 Å². The van der Waals surface area contributed by atoms with Gasteiger partial charge in [-0.2, -0.15) is 4.31 Å². The fourth-order valence-corrected chi connectivity index (χ4v) is 5.13. The van der Waals surface area contributed by atoms with E-state index in [0.717, 1.165) is 9.87 Å². The number of benzene rings is 3. The van der Waals surface area contributed by atoms with E-state index in [1.165, 1.54) is 37.3 Å². The van der Waals surface area contributed by atoms with Gasteiger partial charge in [0.25, 0.3) is 5.69 Å². The number of carbonyl (C=O) groups excluding carboxylic acids is 1. The summed E-state index contributed by atoms with van der Waals surface area (Å²) in [4.78, 5) is 23.5. The zero-order valence-corrected chi connectivity index (χ0v) is 20.6. The summed E-state index contributed by atoms with van der Waals surface area (Å²) in [6.07, 6.45) is 0. The summed E-state index contributed by atoms with van der Waals surface area (Å²) in [5.74, 6) is -0.678. The summed E-state index contributed by atoms with van der Waals surface area (Å²) in [5.41, 5.74) is 1.52. The van der Waals surface area contributed by atoms with Gasteiger partial charge in [0.2, 0.25) is 15.9 Å². The quantitative estimate of drug-likeness (QED) is 0.317. The third-order valence-electron chi connectivity index (χ3n) is 5.15. The molecule has 0 aromatic heterocycles. The number of nitrogens with one attached hydrogen (secondary N) is 1. The summed E-state index contributed by atoms with van der Waals surface area (Å²) in [6, 6.07) is 15.2. The highest BCUT2D eigenvalue weighted by Gasteiger charge is 2.29. The molecule has 0 heterocycles. The van der Waals surface area contributed by atoms with Gasteiger partial charge in [-0.15, -0.1) is 0 Å². The van der Waals surface area contributed by atoms with Crippen LogP contribution in [0.2, 0.25) is 10.0 Å². The molecule has 1 amide bonds. The molecular weight excluding hydrogens is 501 g/mol. The van der Waals surface area contributed by atoms with Crippen LogP contribution in [0.25, 0.3) is 0 Å². The number of rotatable bonds is 8. The van der Waals surface area contributed by atoms with Gasteiger partial charge in [0, 0.05) is 28.2 Å². The van der Waals surface area contributed by atoms with Crippen molar-refractivity contribution in [2.24, 2.45) is 0 Å². The average molecular weight is 522 g/mol. The molecule has 0 aliphatic heterocycles. The van der Waals surface area contributed by atoms with Crippen molar-refractivity contribution in [1.29, 1.82) is 0 Å². The van der Waals surface area contributed by atoms with E-state index in [1.54, 1.807) is 30.3 Å². The zero-order chi connectivity index (χ0) is 25.0. The van der Waals surface area contributed by atoms with E-state index in [1.807, 2.05) is 6.92 Å². The number of aryl methyl sites for hydroxylation is 1. The molecule has 0 radical (unpaired) electrons. The zero-order valence-electron chi connectivity index (χ0n) is 18.3. The third-order valence-corrected chi connectivity index (χ3v) is 7.67. The van der Waals surface area contributed by atoms with Crippen LogP contribution in [-0.2, 0) is 21.4 Å². The summed E-state index contributed by atoms with van der Waals surface area (Å²) in [6.45, 7) is 2.50. The normalized spacial score (nSPS) is 11.4. The maximum atomic E-state index is 13.4. The summed E-state index contributed by atoms with van der Waals surface area (Å²) < 4.78 is 27.8. The smallest absolute Gasteiger partial charge is 0.274 e. The Morgan fingerprint density at radius 1 is 1.00 bits per heavy atom. The largest absolute Gasteiger partial charge is 0.324 e. The van der Waals surface area contributed by atoms with Gasteiger partial charge in [-0.25, -0.2) is 8.42 Å². The monoisotopic (exact) mass is 521 g/mol. The number of halogens is 2. The van der Waals surface area contributed by atoms with E-state index in [-0.39, 0.29) is 38.4 Å². The molecule has 178 valence electrons. The highest BCUT2D eigenvalue weighted by atomic mass is 35.5. The number of amides is 1. The predicted molar refractivity (Wildman–Crippen MR) is 132 cm³/mol. The van der Waals surface area contributed by atoms with Gasteiger partial charge in [-0.1, -0.05) is 53.0 Å². The highest BCUT2D eigenvalue weighted by molar-refractivity contribution is 7.89. The number of hydrogen-bond acceptors (Lipinski definition) is 5. The fourth-order valence-electron chi connectivity index (χ4n) is 3.25. The predicted octanol–water partition coefficient (Wildman–Crippen LogP) is 5.35. The molecular formula is C23H21Cl2N3O5S. The lowest BCUT2D eigenvalue weighted by Gasteiger charge is -2.23. The Morgan fingerprint density at radius 3 is 2.18 bits per heavy atom. The molecule has 0 atom stereocenters. The molecule has 34 heavy (non-hydrogen) atoms. The first-order valence-electron chi connectivity index (χ1n) is 10.0. The first-order chi connectivity index (χ1) is 16.0. The van der Waals surface area contributed by atoms with E-state index >= 15 is 0 Å². The van der Waals surface area contributed by atoms with Crippen molar-refractivity contribution in [3.63, 3.8) is 0 Å². The van der Waals surface area contributed by atoms with Crippen molar-refractivity contribution in [1.82, 2.24) is 4.31 Å². The highest BCUT2D eigenvalue weighted by Crippen LogP contribution is 2.29. The van der Waals surface area contributed by atoms with Gasteiger partial charge >= 0.3 is 0 Å². The van der Waals surface area contributed by atoms with Crippen LogP contribution in [0.1, 0.15) is 16.7 Å².